The highest BCUT2D eigenvalue weighted by molar-refractivity contribution is 5.75. The molecule has 2 aliphatic rings. The Hall–Kier alpha value is -1.77. The van der Waals surface area contributed by atoms with Gasteiger partial charge in [-0.05, 0) is 30.4 Å². The number of carboxylic acids is 1. The third kappa shape index (κ3) is 1.71. The van der Waals surface area contributed by atoms with Gasteiger partial charge in [0.25, 0.3) is 0 Å². The number of allylic oxidation sites excluding steroid dienone is 1. The summed E-state index contributed by atoms with van der Waals surface area (Å²) in [5.41, 5.74) is 3.62. The Balaban J connectivity index is 1.98. The molecule has 0 saturated heterocycles. The second-order valence-electron chi connectivity index (χ2n) is 4.64. The van der Waals surface area contributed by atoms with E-state index < -0.39 is 5.97 Å². The van der Waals surface area contributed by atoms with Crippen LogP contribution in [-0.4, -0.2) is 17.7 Å². The number of carboxylic acid groups (broad SMARTS) is 1. The van der Waals surface area contributed by atoms with Crippen LogP contribution < -0.4 is 0 Å². The highest BCUT2D eigenvalue weighted by atomic mass is 16.5. The Kier molecular flexibility index (Phi) is 2.39. The van der Waals surface area contributed by atoms with E-state index in [1.165, 1.54) is 11.1 Å². The molecule has 88 valence electrons. The monoisotopic (exact) mass is 230 g/mol. The van der Waals surface area contributed by atoms with Gasteiger partial charge in [-0.25, -0.2) is 0 Å². The summed E-state index contributed by atoms with van der Waals surface area (Å²) in [6, 6.07) is 8.21. The molecule has 0 saturated carbocycles. The second-order valence-corrected chi connectivity index (χ2v) is 4.64. The van der Waals surface area contributed by atoms with Crippen LogP contribution >= 0.6 is 0 Å². The first-order valence-electron chi connectivity index (χ1n) is 5.91. The van der Waals surface area contributed by atoms with E-state index in [9.17, 15) is 4.79 Å². The summed E-state index contributed by atoms with van der Waals surface area (Å²) in [5.74, 6) is -0.196. The summed E-state index contributed by atoms with van der Waals surface area (Å²) in [5, 5.41) is 9.02. The van der Waals surface area contributed by atoms with Crippen LogP contribution in [0.25, 0.3) is 5.76 Å². The van der Waals surface area contributed by atoms with E-state index in [0.717, 1.165) is 24.2 Å². The van der Waals surface area contributed by atoms with Crippen molar-refractivity contribution < 1.29 is 14.6 Å². The van der Waals surface area contributed by atoms with Crippen molar-refractivity contribution in [1.82, 2.24) is 0 Å². The van der Waals surface area contributed by atoms with Gasteiger partial charge in [0.05, 0.1) is 5.92 Å². The normalized spacial score (nSPS) is 22.5. The lowest BCUT2D eigenvalue weighted by Crippen LogP contribution is -2.26. The Morgan fingerprint density at radius 1 is 1.29 bits per heavy atom. The minimum absolute atomic E-state index is 0.294. The fourth-order valence-electron chi connectivity index (χ4n) is 2.62. The molecular formula is C14H14O3. The smallest absolute Gasteiger partial charge is 0.310 e. The molecule has 1 atom stereocenters. The van der Waals surface area contributed by atoms with Crippen molar-refractivity contribution in [2.75, 3.05) is 6.61 Å². The molecule has 1 aliphatic carbocycles. The fourth-order valence-corrected chi connectivity index (χ4v) is 2.62. The minimum atomic E-state index is -0.754. The van der Waals surface area contributed by atoms with Crippen LogP contribution in [-0.2, 0) is 16.0 Å². The summed E-state index contributed by atoms with van der Waals surface area (Å²) in [7, 11) is 0. The maximum absolute atomic E-state index is 11.0. The average molecular weight is 230 g/mol. The summed E-state index contributed by atoms with van der Waals surface area (Å²) >= 11 is 0. The zero-order chi connectivity index (χ0) is 11.8. The lowest BCUT2D eigenvalue weighted by molar-refractivity contribution is -0.143. The predicted molar refractivity (Wildman–Crippen MR) is 63.4 cm³/mol. The minimum Gasteiger partial charge on any atom is -0.492 e. The molecular weight excluding hydrogens is 216 g/mol. The Morgan fingerprint density at radius 2 is 2.12 bits per heavy atom. The van der Waals surface area contributed by atoms with Gasteiger partial charge in [-0.3, -0.25) is 4.79 Å². The van der Waals surface area contributed by atoms with E-state index in [1.807, 2.05) is 12.1 Å². The molecule has 0 bridgehead atoms. The maximum atomic E-state index is 11.0. The van der Waals surface area contributed by atoms with E-state index >= 15 is 0 Å². The lowest BCUT2D eigenvalue weighted by Gasteiger charge is -2.30. The van der Waals surface area contributed by atoms with Crippen LogP contribution in [0.15, 0.2) is 29.8 Å². The van der Waals surface area contributed by atoms with Crippen molar-refractivity contribution >= 4 is 11.7 Å². The topological polar surface area (TPSA) is 46.5 Å². The average Bonchev–Trinajstić information content (AvgIpc) is 2.38. The molecule has 1 unspecified atom stereocenters. The lowest BCUT2D eigenvalue weighted by atomic mass is 9.84. The largest absolute Gasteiger partial charge is 0.492 e. The van der Waals surface area contributed by atoms with E-state index in [0.29, 0.717) is 13.0 Å². The van der Waals surface area contributed by atoms with Crippen LogP contribution in [0.3, 0.4) is 0 Å². The van der Waals surface area contributed by atoms with E-state index in [2.05, 4.69) is 12.1 Å². The van der Waals surface area contributed by atoms with Gasteiger partial charge in [0.15, 0.2) is 0 Å². The number of hydrogen-bond acceptors (Lipinski definition) is 2. The maximum Gasteiger partial charge on any atom is 0.310 e. The van der Waals surface area contributed by atoms with Crippen molar-refractivity contribution in [3.05, 3.63) is 41.0 Å². The molecule has 0 fully saturated rings. The van der Waals surface area contributed by atoms with Crippen molar-refractivity contribution in [3.63, 3.8) is 0 Å². The summed E-state index contributed by atoms with van der Waals surface area (Å²) in [6.07, 6.45) is 2.56. The Bertz CT molecular complexity index is 502. The van der Waals surface area contributed by atoms with Crippen LogP contribution in [0, 0.1) is 5.92 Å². The van der Waals surface area contributed by atoms with Gasteiger partial charge in [0.2, 0.25) is 0 Å². The molecule has 3 nitrogen and oxygen atoms in total. The van der Waals surface area contributed by atoms with Gasteiger partial charge in [-0.2, -0.15) is 0 Å². The van der Waals surface area contributed by atoms with Crippen molar-refractivity contribution in [2.45, 2.75) is 19.3 Å². The molecule has 1 aromatic carbocycles. The number of fused-ring (bicyclic) bond motifs is 2. The number of carbonyl (C=O) groups is 1. The molecule has 3 rings (SSSR count). The number of aliphatic carboxylic acids is 1. The molecule has 1 heterocycles. The van der Waals surface area contributed by atoms with Gasteiger partial charge in [0.1, 0.15) is 12.4 Å². The zero-order valence-electron chi connectivity index (χ0n) is 9.48. The SMILES string of the molecule is O=C(O)C1COC2=C(CCc3ccccc32)C1. The highest BCUT2D eigenvalue weighted by Crippen LogP contribution is 2.38. The number of benzene rings is 1. The van der Waals surface area contributed by atoms with Crippen LogP contribution in [0.1, 0.15) is 24.0 Å². The zero-order valence-corrected chi connectivity index (χ0v) is 9.48. The Labute approximate surface area is 99.7 Å². The second kappa shape index (κ2) is 3.91. The molecule has 0 radical (unpaired) electrons. The molecule has 1 aliphatic heterocycles. The van der Waals surface area contributed by atoms with Crippen LogP contribution in [0.4, 0.5) is 0 Å². The number of aryl methyl sites for hydroxylation is 1. The fraction of sp³-hybridized carbons (Fsp3) is 0.357. The molecule has 17 heavy (non-hydrogen) atoms. The summed E-state index contributed by atoms with van der Waals surface area (Å²) in [6.45, 7) is 0.294. The van der Waals surface area contributed by atoms with Gasteiger partial charge in [-0.1, -0.05) is 24.3 Å². The third-order valence-electron chi connectivity index (χ3n) is 3.55. The van der Waals surface area contributed by atoms with E-state index in [-0.39, 0.29) is 5.92 Å². The number of ether oxygens (including phenoxy) is 1. The van der Waals surface area contributed by atoms with Crippen molar-refractivity contribution in [3.8, 4) is 0 Å². The molecule has 3 heteroatoms. The van der Waals surface area contributed by atoms with E-state index in [4.69, 9.17) is 9.84 Å². The van der Waals surface area contributed by atoms with E-state index in [1.54, 1.807) is 0 Å². The quantitative estimate of drug-likeness (QED) is 0.806. The molecule has 0 amide bonds. The van der Waals surface area contributed by atoms with Gasteiger partial charge >= 0.3 is 5.97 Å². The van der Waals surface area contributed by atoms with Crippen molar-refractivity contribution in [2.24, 2.45) is 5.92 Å². The van der Waals surface area contributed by atoms with Gasteiger partial charge in [-0.15, -0.1) is 0 Å². The first-order chi connectivity index (χ1) is 8.25. The number of rotatable bonds is 1. The van der Waals surface area contributed by atoms with Gasteiger partial charge in [0, 0.05) is 5.56 Å². The first kappa shape index (κ1) is 10.4. The highest BCUT2D eigenvalue weighted by Gasteiger charge is 2.30. The summed E-state index contributed by atoms with van der Waals surface area (Å²) in [4.78, 5) is 11.0. The predicted octanol–water partition coefficient (Wildman–Crippen LogP) is 2.47. The molecule has 0 aromatic heterocycles. The van der Waals surface area contributed by atoms with Gasteiger partial charge < -0.3 is 9.84 Å². The number of hydrogen-bond donors (Lipinski definition) is 1. The van der Waals surface area contributed by atoms with Crippen molar-refractivity contribution in [1.29, 1.82) is 0 Å². The Morgan fingerprint density at radius 3 is 2.94 bits per heavy atom. The summed E-state index contributed by atoms with van der Waals surface area (Å²) < 4.78 is 5.68. The third-order valence-corrected chi connectivity index (χ3v) is 3.55. The standard InChI is InChI=1S/C14H14O3/c15-14(16)11-7-10-6-5-9-3-1-2-4-12(9)13(10)17-8-11/h1-4,11H,5-8H2,(H,15,16). The van der Waals surface area contributed by atoms with Crippen LogP contribution in [0.2, 0.25) is 0 Å². The molecule has 1 aromatic rings. The molecule has 0 spiro atoms. The first-order valence-corrected chi connectivity index (χ1v) is 5.91. The molecule has 1 N–H and O–H groups in total. The van der Waals surface area contributed by atoms with Crippen LogP contribution in [0.5, 0.6) is 0 Å².